The lowest BCUT2D eigenvalue weighted by atomic mass is 10.0. The van der Waals surface area contributed by atoms with Gasteiger partial charge in [0.05, 0.1) is 24.6 Å². The van der Waals surface area contributed by atoms with Crippen molar-refractivity contribution in [1.82, 2.24) is 0 Å². The first-order chi connectivity index (χ1) is 29.2. The molecule has 0 spiro atoms. The topological polar surface area (TPSA) is 0 Å². The van der Waals surface area contributed by atoms with E-state index in [0.717, 1.165) is 0 Å². The van der Waals surface area contributed by atoms with Crippen LogP contribution in [0.25, 0.3) is 0 Å². The van der Waals surface area contributed by atoms with Crippen molar-refractivity contribution in [2.45, 2.75) is 349 Å². The van der Waals surface area contributed by atoms with Gasteiger partial charge in [0, 0.05) is 7.26 Å². The van der Waals surface area contributed by atoms with Crippen LogP contribution in [-0.2, 0) is 0 Å². The first-order valence-corrected chi connectivity index (χ1v) is 31.6. The standard InChI is InChI=1S/C58H120P/c1-5-9-13-17-21-25-28-31-34-37-40-44-48-52-56-59(55-51-47-43-24-20-16-12-8-4,57-53-49-45-41-38-35-32-29-26-22-18-14-10-6-2)58-54-50-46-42-39-36-33-30-27-23-19-15-11-7-3/h5-58H2,1-4H3/q+1. The number of unbranched alkanes of at least 4 members (excludes halogenated alkanes) is 46. The Balaban J connectivity index is 4.82. The van der Waals surface area contributed by atoms with Crippen LogP contribution in [0, 0.1) is 0 Å². The van der Waals surface area contributed by atoms with Crippen LogP contribution in [0.15, 0.2) is 0 Å². The van der Waals surface area contributed by atoms with Crippen molar-refractivity contribution in [3.05, 3.63) is 0 Å². The van der Waals surface area contributed by atoms with Crippen molar-refractivity contribution in [2.75, 3.05) is 24.6 Å². The van der Waals surface area contributed by atoms with Gasteiger partial charge in [-0.05, 0) is 51.4 Å². The molecule has 1 heteroatoms. The van der Waals surface area contributed by atoms with Crippen molar-refractivity contribution in [3.8, 4) is 0 Å². The molecule has 0 aromatic rings. The van der Waals surface area contributed by atoms with Crippen LogP contribution in [0.4, 0.5) is 0 Å². The Bertz CT molecular complexity index is 635. The number of hydrogen-bond donors (Lipinski definition) is 0. The third-order valence-corrected chi connectivity index (χ3v) is 19.5. The van der Waals surface area contributed by atoms with Gasteiger partial charge in [0.2, 0.25) is 0 Å². The maximum atomic E-state index is 2.36. The highest BCUT2D eigenvalue weighted by molar-refractivity contribution is 7.75. The van der Waals surface area contributed by atoms with E-state index < -0.39 is 7.26 Å². The van der Waals surface area contributed by atoms with Crippen LogP contribution in [0.3, 0.4) is 0 Å². The summed E-state index contributed by atoms with van der Waals surface area (Å²) < 4.78 is 0. The van der Waals surface area contributed by atoms with Gasteiger partial charge in [-0.15, -0.1) is 0 Å². The molecule has 0 unspecified atom stereocenters. The molecule has 0 aromatic heterocycles. The fourth-order valence-corrected chi connectivity index (χ4v) is 15.1. The summed E-state index contributed by atoms with van der Waals surface area (Å²) in [5.74, 6) is 0. The molecule has 0 aliphatic heterocycles. The fraction of sp³-hybridized carbons (Fsp3) is 1.00. The average Bonchev–Trinajstić information content (AvgIpc) is 3.25. The van der Waals surface area contributed by atoms with Gasteiger partial charge < -0.3 is 0 Å². The summed E-state index contributed by atoms with van der Waals surface area (Å²) in [6.07, 6.45) is 81.3. The van der Waals surface area contributed by atoms with Gasteiger partial charge in [-0.1, -0.05) is 297 Å². The van der Waals surface area contributed by atoms with E-state index in [0.29, 0.717) is 0 Å². The Kier molecular flexibility index (Phi) is 53.2. The lowest BCUT2D eigenvalue weighted by Crippen LogP contribution is -2.13. The highest BCUT2D eigenvalue weighted by Gasteiger charge is 2.35. The van der Waals surface area contributed by atoms with Gasteiger partial charge in [0.1, 0.15) is 0 Å². The second kappa shape index (κ2) is 52.8. The Morgan fingerprint density at radius 2 is 0.237 bits per heavy atom. The molecule has 0 fully saturated rings. The van der Waals surface area contributed by atoms with Gasteiger partial charge in [-0.25, -0.2) is 0 Å². The van der Waals surface area contributed by atoms with Crippen LogP contribution in [0.2, 0.25) is 0 Å². The van der Waals surface area contributed by atoms with Gasteiger partial charge >= 0.3 is 0 Å². The summed E-state index contributed by atoms with van der Waals surface area (Å²) in [5, 5.41) is 0. The maximum absolute atomic E-state index is 2.36. The van der Waals surface area contributed by atoms with Crippen molar-refractivity contribution < 1.29 is 0 Å². The van der Waals surface area contributed by atoms with E-state index in [4.69, 9.17) is 0 Å². The Morgan fingerprint density at radius 1 is 0.136 bits per heavy atom. The predicted octanol–water partition coefficient (Wildman–Crippen LogP) is 22.6. The minimum atomic E-state index is -0.816. The van der Waals surface area contributed by atoms with E-state index in [2.05, 4.69) is 27.7 Å². The second-order valence-corrected chi connectivity index (χ2v) is 25.0. The summed E-state index contributed by atoms with van der Waals surface area (Å²) in [5.41, 5.74) is 0. The van der Waals surface area contributed by atoms with Crippen molar-refractivity contribution in [2.24, 2.45) is 0 Å². The van der Waals surface area contributed by atoms with Crippen LogP contribution < -0.4 is 0 Å². The minimum absolute atomic E-state index is 0.816. The van der Waals surface area contributed by atoms with Crippen LogP contribution in [0.1, 0.15) is 349 Å². The molecule has 0 saturated carbocycles. The lowest BCUT2D eigenvalue weighted by Gasteiger charge is -2.28. The molecule has 0 N–H and O–H groups in total. The van der Waals surface area contributed by atoms with Crippen molar-refractivity contribution >= 4 is 7.26 Å². The van der Waals surface area contributed by atoms with E-state index in [1.54, 1.807) is 50.3 Å². The Morgan fingerprint density at radius 3 is 0.356 bits per heavy atom. The molecule has 0 bridgehead atoms. The van der Waals surface area contributed by atoms with Crippen LogP contribution in [-0.4, -0.2) is 24.6 Å². The quantitative estimate of drug-likeness (QED) is 0.0423. The minimum Gasteiger partial charge on any atom is -0.0654 e. The molecular weight excluding hydrogens is 728 g/mol. The number of hydrogen-bond acceptors (Lipinski definition) is 0. The molecular formula is C58H120P+. The molecule has 0 nitrogen and oxygen atoms in total. The zero-order valence-electron chi connectivity index (χ0n) is 42.6. The summed E-state index contributed by atoms with van der Waals surface area (Å²) in [6.45, 7) is 9.36. The van der Waals surface area contributed by atoms with Crippen LogP contribution >= 0.6 is 7.26 Å². The van der Waals surface area contributed by atoms with Gasteiger partial charge in [0.15, 0.2) is 0 Å². The molecule has 0 radical (unpaired) electrons. The third kappa shape index (κ3) is 47.7. The molecule has 0 saturated heterocycles. The summed E-state index contributed by atoms with van der Waals surface area (Å²) in [7, 11) is -0.816. The Labute approximate surface area is 379 Å². The first-order valence-electron chi connectivity index (χ1n) is 29.1. The SMILES string of the molecule is CCCCCCCCCCCCCCCC[P+](CCCCCCCCCC)(CCCCCCCCCCCCCCCC)CCCCCCCCCCCCCCCC. The van der Waals surface area contributed by atoms with Crippen molar-refractivity contribution in [1.29, 1.82) is 0 Å². The molecule has 0 aromatic carbocycles. The molecule has 59 heavy (non-hydrogen) atoms. The molecule has 356 valence electrons. The summed E-state index contributed by atoms with van der Waals surface area (Å²) in [6, 6.07) is 0. The second-order valence-electron chi connectivity index (χ2n) is 20.5. The van der Waals surface area contributed by atoms with Crippen molar-refractivity contribution in [3.63, 3.8) is 0 Å². The van der Waals surface area contributed by atoms with Crippen LogP contribution in [0.5, 0.6) is 0 Å². The average molecular weight is 849 g/mol. The first kappa shape index (κ1) is 59.4. The monoisotopic (exact) mass is 848 g/mol. The maximum Gasteiger partial charge on any atom is 0.0594 e. The summed E-state index contributed by atoms with van der Waals surface area (Å²) >= 11 is 0. The zero-order chi connectivity index (χ0) is 42.7. The molecule has 0 aliphatic carbocycles. The summed E-state index contributed by atoms with van der Waals surface area (Å²) in [4.78, 5) is 0. The normalized spacial score (nSPS) is 12.0. The molecule has 0 rings (SSSR count). The number of rotatable bonds is 54. The largest absolute Gasteiger partial charge is 0.0654 e. The third-order valence-electron chi connectivity index (χ3n) is 14.4. The predicted molar refractivity (Wildman–Crippen MR) is 280 cm³/mol. The van der Waals surface area contributed by atoms with E-state index >= 15 is 0 Å². The Hall–Kier alpha value is 0.430. The van der Waals surface area contributed by atoms with Gasteiger partial charge in [0.25, 0.3) is 0 Å². The van der Waals surface area contributed by atoms with E-state index in [1.807, 2.05) is 0 Å². The van der Waals surface area contributed by atoms with E-state index in [-0.39, 0.29) is 0 Å². The molecule has 0 atom stereocenters. The smallest absolute Gasteiger partial charge is 0.0594 e. The van der Waals surface area contributed by atoms with Gasteiger partial charge in [-0.2, -0.15) is 0 Å². The molecule has 0 aliphatic rings. The highest BCUT2D eigenvalue weighted by Crippen LogP contribution is 2.61. The molecule has 0 amide bonds. The zero-order valence-corrected chi connectivity index (χ0v) is 43.5. The fourth-order valence-electron chi connectivity index (χ4n) is 10.2. The highest BCUT2D eigenvalue weighted by atomic mass is 31.2. The van der Waals surface area contributed by atoms with Gasteiger partial charge in [-0.3, -0.25) is 0 Å². The molecule has 0 heterocycles. The lowest BCUT2D eigenvalue weighted by molar-refractivity contribution is 0.536. The van der Waals surface area contributed by atoms with E-state index in [1.165, 1.54) is 295 Å². The van der Waals surface area contributed by atoms with E-state index in [9.17, 15) is 0 Å².